The summed E-state index contributed by atoms with van der Waals surface area (Å²) in [6, 6.07) is 5.37. The van der Waals surface area contributed by atoms with Gasteiger partial charge < -0.3 is 9.64 Å². The molecule has 3 nitrogen and oxygen atoms in total. The Bertz CT molecular complexity index is 423. The van der Waals surface area contributed by atoms with Gasteiger partial charge in [0.05, 0.1) is 22.6 Å². The van der Waals surface area contributed by atoms with E-state index in [1.165, 1.54) is 0 Å². The fraction of sp³-hybridized carbons (Fsp3) is 0.462. The van der Waals surface area contributed by atoms with E-state index in [9.17, 15) is 4.79 Å². The molecular weight excluding hydrogens is 273 g/mol. The highest BCUT2D eigenvalue weighted by Gasteiger charge is 2.17. The number of carbonyl (C=O) groups is 1. The molecule has 0 heterocycles. The van der Waals surface area contributed by atoms with Gasteiger partial charge in [-0.2, -0.15) is 0 Å². The van der Waals surface area contributed by atoms with Crippen LogP contribution in [0.2, 0.25) is 5.02 Å². The molecule has 0 spiro atoms. The standard InChI is InChI=1S/C13H17Cl2NO2/c1-9-4-5-11(12(15)6-9)13(17)16(2)7-10(14)8-18-3/h4-6,10H,7-8H2,1-3H3. The molecule has 0 saturated carbocycles. The van der Waals surface area contributed by atoms with Crippen LogP contribution in [0.4, 0.5) is 0 Å². The molecule has 0 aliphatic heterocycles. The number of ether oxygens (including phenoxy) is 1. The molecule has 1 atom stereocenters. The molecule has 0 bridgehead atoms. The molecule has 1 aromatic carbocycles. The van der Waals surface area contributed by atoms with Gasteiger partial charge in [0.15, 0.2) is 0 Å². The highest BCUT2D eigenvalue weighted by atomic mass is 35.5. The number of benzene rings is 1. The van der Waals surface area contributed by atoms with Gasteiger partial charge in [-0.3, -0.25) is 4.79 Å². The van der Waals surface area contributed by atoms with Crippen molar-refractivity contribution in [3.63, 3.8) is 0 Å². The van der Waals surface area contributed by atoms with Gasteiger partial charge in [-0.1, -0.05) is 17.7 Å². The summed E-state index contributed by atoms with van der Waals surface area (Å²) in [6.45, 7) is 2.75. The summed E-state index contributed by atoms with van der Waals surface area (Å²) < 4.78 is 4.93. The number of alkyl halides is 1. The quantitative estimate of drug-likeness (QED) is 0.780. The molecule has 0 aliphatic rings. The number of rotatable bonds is 5. The fourth-order valence-corrected chi connectivity index (χ4v) is 2.26. The van der Waals surface area contributed by atoms with E-state index < -0.39 is 0 Å². The Kier molecular flexibility index (Phi) is 5.93. The molecule has 0 N–H and O–H groups in total. The maximum absolute atomic E-state index is 12.2. The average Bonchev–Trinajstić information content (AvgIpc) is 2.28. The summed E-state index contributed by atoms with van der Waals surface area (Å²) in [5.41, 5.74) is 1.51. The Morgan fingerprint density at radius 3 is 2.72 bits per heavy atom. The van der Waals surface area contributed by atoms with Crippen molar-refractivity contribution in [1.82, 2.24) is 4.90 Å². The van der Waals surface area contributed by atoms with Crippen LogP contribution >= 0.6 is 23.2 Å². The first-order chi connectivity index (χ1) is 8.45. The normalized spacial score (nSPS) is 12.3. The first-order valence-corrected chi connectivity index (χ1v) is 6.41. The van der Waals surface area contributed by atoms with Gasteiger partial charge in [-0.05, 0) is 24.6 Å². The molecule has 1 rings (SSSR count). The average molecular weight is 290 g/mol. The number of halogens is 2. The number of hydrogen-bond acceptors (Lipinski definition) is 2. The van der Waals surface area contributed by atoms with Crippen LogP contribution in [0.25, 0.3) is 0 Å². The molecule has 0 aromatic heterocycles. The van der Waals surface area contributed by atoms with Crippen LogP contribution in [0.15, 0.2) is 18.2 Å². The summed E-state index contributed by atoms with van der Waals surface area (Å²) in [5.74, 6) is -0.137. The van der Waals surface area contributed by atoms with Gasteiger partial charge in [-0.15, -0.1) is 11.6 Å². The minimum atomic E-state index is -0.229. The Morgan fingerprint density at radius 2 is 2.17 bits per heavy atom. The van der Waals surface area contributed by atoms with Crippen molar-refractivity contribution >= 4 is 29.1 Å². The predicted molar refractivity (Wildman–Crippen MR) is 74.7 cm³/mol. The Morgan fingerprint density at radius 1 is 1.50 bits per heavy atom. The monoisotopic (exact) mass is 289 g/mol. The van der Waals surface area contributed by atoms with Crippen molar-refractivity contribution in [3.8, 4) is 0 Å². The van der Waals surface area contributed by atoms with Crippen molar-refractivity contribution in [2.24, 2.45) is 0 Å². The van der Waals surface area contributed by atoms with Crippen LogP contribution in [0.3, 0.4) is 0 Å². The van der Waals surface area contributed by atoms with E-state index >= 15 is 0 Å². The largest absolute Gasteiger partial charge is 0.383 e. The van der Waals surface area contributed by atoms with Gasteiger partial charge in [0.25, 0.3) is 5.91 Å². The zero-order valence-electron chi connectivity index (χ0n) is 10.7. The maximum atomic E-state index is 12.2. The minimum Gasteiger partial charge on any atom is -0.383 e. The summed E-state index contributed by atoms with van der Waals surface area (Å²) in [4.78, 5) is 13.7. The molecule has 1 unspecified atom stereocenters. The van der Waals surface area contributed by atoms with E-state index in [-0.39, 0.29) is 11.3 Å². The number of methoxy groups -OCH3 is 1. The van der Waals surface area contributed by atoms with E-state index in [1.807, 2.05) is 13.0 Å². The first-order valence-electron chi connectivity index (χ1n) is 5.60. The zero-order valence-corrected chi connectivity index (χ0v) is 12.3. The van der Waals surface area contributed by atoms with E-state index in [4.69, 9.17) is 27.9 Å². The van der Waals surface area contributed by atoms with Crippen LogP contribution < -0.4 is 0 Å². The molecule has 18 heavy (non-hydrogen) atoms. The number of amides is 1. The number of nitrogens with zero attached hydrogens (tertiary/aromatic N) is 1. The molecule has 0 fully saturated rings. The summed E-state index contributed by atoms with van der Waals surface area (Å²) >= 11 is 12.1. The highest BCUT2D eigenvalue weighted by molar-refractivity contribution is 6.33. The van der Waals surface area contributed by atoms with Crippen LogP contribution in [-0.4, -0.2) is 43.5 Å². The van der Waals surface area contributed by atoms with Gasteiger partial charge in [0.2, 0.25) is 0 Å². The Labute approximate surface area is 118 Å². The smallest absolute Gasteiger partial charge is 0.255 e. The lowest BCUT2D eigenvalue weighted by molar-refractivity contribution is 0.0782. The van der Waals surface area contributed by atoms with Crippen LogP contribution in [0, 0.1) is 6.92 Å². The second-order valence-corrected chi connectivity index (χ2v) is 5.25. The minimum absolute atomic E-state index is 0.137. The summed E-state index contributed by atoms with van der Waals surface area (Å²) in [5, 5.41) is 0.234. The van der Waals surface area contributed by atoms with Crippen molar-refractivity contribution in [1.29, 1.82) is 0 Å². The lowest BCUT2D eigenvalue weighted by atomic mass is 10.1. The number of carbonyl (C=O) groups excluding carboxylic acids is 1. The number of aryl methyl sites for hydroxylation is 1. The van der Waals surface area contributed by atoms with Gasteiger partial charge in [0.1, 0.15) is 0 Å². The molecule has 0 radical (unpaired) electrons. The SMILES string of the molecule is COCC(Cl)CN(C)C(=O)c1ccc(C)cc1Cl. The zero-order chi connectivity index (χ0) is 13.7. The molecule has 1 amide bonds. The third-order valence-electron chi connectivity index (χ3n) is 2.52. The van der Waals surface area contributed by atoms with Crippen molar-refractivity contribution in [3.05, 3.63) is 34.3 Å². The van der Waals surface area contributed by atoms with E-state index in [2.05, 4.69) is 0 Å². The molecule has 5 heteroatoms. The summed E-state index contributed by atoms with van der Waals surface area (Å²) in [7, 11) is 3.28. The lowest BCUT2D eigenvalue weighted by Crippen LogP contribution is -2.34. The van der Waals surface area contributed by atoms with E-state index in [1.54, 1.807) is 31.2 Å². The lowest BCUT2D eigenvalue weighted by Gasteiger charge is -2.20. The number of hydrogen-bond donors (Lipinski definition) is 0. The van der Waals surface area contributed by atoms with Crippen LogP contribution in [0.1, 0.15) is 15.9 Å². The highest BCUT2D eigenvalue weighted by Crippen LogP contribution is 2.19. The van der Waals surface area contributed by atoms with Crippen molar-refractivity contribution in [2.45, 2.75) is 12.3 Å². The van der Waals surface area contributed by atoms with Gasteiger partial charge >= 0.3 is 0 Å². The molecular formula is C13H17Cl2NO2. The van der Waals surface area contributed by atoms with Crippen LogP contribution in [-0.2, 0) is 4.74 Å². The fourth-order valence-electron chi connectivity index (χ4n) is 1.61. The van der Waals surface area contributed by atoms with Crippen molar-refractivity contribution < 1.29 is 9.53 Å². The van der Waals surface area contributed by atoms with Gasteiger partial charge in [0, 0.05) is 20.7 Å². The predicted octanol–water partition coefficient (Wildman–Crippen LogP) is 2.97. The third kappa shape index (κ3) is 4.16. The van der Waals surface area contributed by atoms with Crippen molar-refractivity contribution in [2.75, 3.05) is 27.3 Å². The maximum Gasteiger partial charge on any atom is 0.255 e. The Balaban J connectivity index is 2.74. The van der Waals surface area contributed by atoms with E-state index in [0.29, 0.717) is 23.7 Å². The molecule has 100 valence electrons. The Hall–Kier alpha value is -0.770. The molecule has 1 aromatic rings. The van der Waals surface area contributed by atoms with Gasteiger partial charge in [-0.25, -0.2) is 0 Å². The summed E-state index contributed by atoms with van der Waals surface area (Å²) in [6.07, 6.45) is 0. The molecule has 0 saturated heterocycles. The molecule has 0 aliphatic carbocycles. The van der Waals surface area contributed by atoms with Crippen LogP contribution in [0.5, 0.6) is 0 Å². The van der Waals surface area contributed by atoms with E-state index in [0.717, 1.165) is 5.56 Å². The second-order valence-electron chi connectivity index (χ2n) is 4.22. The third-order valence-corrected chi connectivity index (χ3v) is 3.10. The first kappa shape index (κ1) is 15.3. The second kappa shape index (κ2) is 6.98. The topological polar surface area (TPSA) is 29.5 Å².